The molecule has 1 fully saturated rings. The Bertz CT molecular complexity index is 383. The third-order valence-electron chi connectivity index (χ3n) is 4.13. The summed E-state index contributed by atoms with van der Waals surface area (Å²) in [5, 5.41) is 0. The molecule has 2 N–H and O–H groups in total. The van der Waals surface area contributed by atoms with Crippen LogP contribution in [0.5, 0.6) is 0 Å². The standard InChI is InChI=1S/C16H27N3/c1-14-4-3-5-16(12-14)18(2)13-15-6-9-19(10-7-15)11-8-17/h3-5,12,15H,6-11,13,17H2,1-2H3. The van der Waals surface area contributed by atoms with Crippen molar-refractivity contribution in [1.29, 1.82) is 0 Å². The van der Waals surface area contributed by atoms with Gasteiger partial charge in [-0.25, -0.2) is 0 Å². The molecule has 3 heteroatoms. The van der Waals surface area contributed by atoms with Gasteiger partial charge in [0.25, 0.3) is 0 Å². The molecule has 106 valence electrons. The largest absolute Gasteiger partial charge is 0.374 e. The maximum Gasteiger partial charge on any atom is 0.0366 e. The summed E-state index contributed by atoms with van der Waals surface area (Å²) >= 11 is 0. The van der Waals surface area contributed by atoms with Gasteiger partial charge in [-0.05, 0) is 56.5 Å². The first-order chi connectivity index (χ1) is 9.19. The van der Waals surface area contributed by atoms with E-state index < -0.39 is 0 Å². The Kier molecular flexibility index (Phi) is 5.23. The number of rotatable bonds is 5. The van der Waals surface area contributed by atoms with E-state index in [2.05, 4.69) is 48.0 Å². The van der Waals surface area contributed by atoms with E-state index in [4.69, 9.17) is 5.73 Å². The van der Waals surface area contributed by atoms with Crippen LogP contribution in [-0.2, 0) is 0 Å². The lowest BCUT2D eigenvalue weighted by molar-refractivity contribution is 0.191. The fourth-order valence-corrected chi connectivity index (χ4v) is 2.93. The summed E-state index contributed by atoms with van der Waals surface area (Å²) in [5.41, 5.74) is 8.29. The van der Waals surface area contributed by atoms with Crippen LogP contribution in [0.25, 0.3) is 0 Å². The fourth-order valence-electron chi connectivity index (χ4n) is 2.93. The summed E-state index contributed by atoms with van der Waals surface area (Å²) in [6.07, 6.45) is 2.60. The number of nitrogens with two attached hydrogens (primary N) is 1. The highest BCUT2D eigenvalue weighted by Crippen LogP contribution is 2.21. The molecule has 1 aromatic carbocycles. The Morgan fingerprint density at radius 3 is 2.68 bits per heavy atom. The van der Waals surface area contributed by atoms with Gasteiger partial charge in [-0.3, -0.25) is 0 Å². The second-order valence-corrected chi connectivity index (χ2v) is 5.79. The van der Waals surface area contributed by atoms with Gasteiger partial charge in [-0.15, -0.1) is 0 Å². The molecule has 1 aromatic rings. The zero-order valence-electron chi connectivity index (χ0n) is 12.3. The maximum atomic E-state index is 5.61. The first-order valence-electron chi connectivity index (χ1n) is 7.39. The van der Waals surface area contributed by atoms with Gasteiger partial charge in [0.2, 0.25) is 0 Å². The molecule has 1 saturated heterocycles. The molecule has 0 aromatic heterocycles. The number of hydrogen-bond donors (Lipinski definition) is 1. The summed E-state index contributed by atoms with van der Waals surface area (Å²) in [6, 6.07) is 8.77. The van der Waals surface area contributed by atoms with E-state index in [0.29, 0.717) is 0 Å². The van der Waals surface area contributed by atoms with Gasteiger partial charge in [0.15, 0.2) is 0 Å². The van der Waals surface area contributed by atoms with Crippen molar-refractivity contribution in [3.8, 4) is 0 Å². The van der Waals surface area contributed by atoms with Crippen molar-refractivity contribution in [2.75, 3.05) is 44.7 Å². The zero-order valence-corrected chi connectivity index (χ0v) is 12.3. The van der Waals surface area contributed by atoms with Crippen molar-refractivity contribution in [3.05, 3.63) is 29.8 Å². The maximum absolute atomic E-state index is 5.61. The highest BCUT2D eigenvalue weighted by Gasteiger charge is 2.19. The van der Waals surface area contributed by atoms with Crippen molar-refractivity contribution in [2.45, 2.75) is 19.8 Å². The third-order valence-corrected chi connectivity index (χ3v) is 4.13. The molecule has 0 unspecified atom stereocenters. The van der Waals surface area contributed by atoms with Crippen molar-refractivity contribution in [3.63, 3.8) is 0 Å². The minimum absolute atomic E-state index is 0.786. The minimum atomic E-state index is 0.786. The van der Waals surface area contributed by atoms with E-state index in [1.165, 1.54) is 43.7 Å². The second-order valence-electron chi connectivity index (χ2n) is 5.79. The molecule has 1 aliphatic rings. The number of likely N-dealkylation sites (tertiary alicyclic amines) is 1. The van der Waals surface area contributed by atoms with Gasteiger partial charge in [-0.2, -0.15) is 0 Å². The zero-order chi connectivity index (χ0) is 13.7. The van der Waals surface area contributed by atoms with Gasteiger partial charge in [0.1, 0.15) is 0 Å². The van der Waals surface area contributed by atoms with Crippen molar-refractivity contribution in [2.24, 2.45) is 11.7 Å². The molecular formula is C16H27N3. The number of nitrogens with zero attached hydrogens (tertiary/aromatic N) is 2. The van der Waals surface area contributed by atoms with Gasteiger partial charge >= 0.3 is 0 Å². The molecule has 0 bridgehead atoms. The second kappa shape index (κ2) is 6.92. The predicted octanol–water partition coefficient (Wildman–Crippen LogP) is 2.10. The first kappa shape index (κ1) is 14.4. The topological polar surface area (TPSA) is 32.5 Å². The Balaban J connectivity index is 1.82. The van der Waals surface area contributed by atoms with Gasteiger partial charge in [0, 0.05) is 32.4 Å². The molecule has 0 radical (unpaired) electrons. The van der Waals surface area contributed by atoms with Gasteiger partial charge < -0.3 is 15.5 Å². The monoisotopic (exact) mass is 261 g/mol. The number of anilines is 1. The normalized spacial score (nSPS) is 17.6. The minimum Gasteiger partial charge on any atom is -0.374 e. The quantitative estimate of drug-likeness (QED) is 0.881. The van der Waals surface area contributed by atoms with E-state index in [9.17, 15) is 0 Å². The van der Waals surface area contributed by atoms with Crippen molar-refractivity contribution >= 4 is 5.69 Å². The van der Waals surface area contributed by atoms with Crippen LogP contribution in [0.3, 0.4) is 0 Å². The lowest BCUT2D eigenvalue weighted by Gasteiger charge is -2.34. The smallest absolute Gasteiger partial charge is 0.0366 e. The summed E-state index contributed by atoms with van der Waals surface area (Å²) < 4.78 is 0. The lowest BCUT2D eigenvalue weighted by Crippen LogP contribution is -2.39. The molecular weight excluding hydrogens is 234 g/mol. The summed E-state index contributed by atoms with van der Waals surface area (Å²) in [6.45, 7) is 7.59. The molecule has 1 heterocycles. The highest BCUT2D eigenvalue weighted by atomic mass is 15.1. The Hall–Kier alpha value is -1.06. The van der Waals surface area contributed by atoms with E-state index in [1.54, 1.807) is 0 Å². The van der Waals surface area contributed by atoms with Crippen LogP contribution in [0, 0.1) is 12.8 Å². The van der Waals surface area contributed by atoms with Crippen LogP contribution in [0.15, 0.2) is 24.3 Å². The van der Waals surface area contributed by atoms with Crippen LogP contribution >= 0.6 is 0 Å². The predicted molar refractivity (Wildman–Crippen MR) is 82.7 cm³/mol. The molecule has 3 nitrogen and oxygen atoms in total. The lowest BCUT2D eigenvalue weighted by atomic mass is 9.96. The van der Waals surface area contributed by atoms with Gasteiger partial charge in [0.05, 0.1) is 0 Å². The number of piperidine rings is 1. The molecule has 1 aliphatic heterocycles. The summed E-state index contributed by atoms with van der Waals surface area (Å²) in [4.78, 5) is 4.89. The Morgan fingerprint density at radius 1 is 1.32 bits per heavy atom. The van der Waals surface area contributed by atoms with E-state index in [-0.39, 0.29) is 0 Å². The summed E-state index contributed by atoms with van der Waals surface area (Å²) in [7, 11) is 2.21. The molecule has 0 saturated carbocycles. The fraction of sp³-hybridized carbons (Fsp3) is 0.625. The van der Waals surface area contributed by atoms with E-state index in [1.807, 2.05) is 0 Å². The SMILES string of the molecule is Cc1cccc(N(C)CC2CCN(CCN)CC2)c1. The molecule has 0 atom stereocenters. The molecule has 2 rings (SSSR count). The Labute approximate surface area is 117 Å². The van der Waals surface area contributed by atoms with Crippen LogP contribution in [0.4, 0.5) is 5.69 Å². The van der Waals surface area contributed by atoms with Crippen LogP contribution in [-0.4, -0.2) is 44.7 Å². The molecule has 19 heavy (non-hydrogen) atoms. The number of benzene rings is 1. The molecule has 0 aliphatic carbocycles. The number of aryl methyl sites for hydroxylation is 1. The van der Waals surface area contributed by atoms with Crippen LogP contribution in [0.1, 0.15) is 18.4 Å². The number of hydrogen-bond acceptors (Lipinski definition) is 3. The Morgan fingerprint density at radius 2 is 2.05 bits per heavy atom. The third kappa shape index (κ3) is 4.22. The van der Waals surface area contributed by atoms with Gasteiger partial charge in [-0.1, -0.05) is 12.1 Å². The van der Waals surface area contributed by atoms with E-state index >= 15 is 0 Å². The highest BCUT2D eigenvalue weighted by molar-refractivity contribution is 5.47. The van der Waals surface area contributed by atoms with Crippen LogP contribution in [0.2, 0.25) is 0 Å². The van der Waals surface area contributed by atoms with E-state index in [0.717, 1.165) is 19.0 Å². The van der Waals surface area contributed by atoms with Crippen LogP contribution < -0.4 is 10.6 Å². The average molecular weight is 261 g/mol. The summed E-state index contributed by atoms with van der Waals surface area (Å²) in [5.74, 6) is 0.819. The average Bonchev–Trinajstić information content (AvgIpc) is 2.41. The van der Waals surface area contributed by atoms with Crippen molar-refractivity contribution in [1.82, 2.24) is 4.90 Å². The molecule has 0 spiro atoms. The van der Waals surface area contributed by atoms with Crippen molar-refractivity contribution < 1.29 is 0 Å². The molecule has 0 amide bonds. The first-order valence-corrected chi connectivity index (χ1v) is 7.39.